The number of carbonyl (C=O) groups excluding carboxylic acids is 1. The molecule has 1 aliphatic rings. The van der Waals surface area contributed by atoms with Gasteiger partial charge in [0, 0.05) is 19.0 Å². The number of amides is 1. The number of hydrogen-bond acceptors (Lipinski definition) is 4. The van der Waals surface area contributed by atoms with Gasteiger partial charge in [0.25, 0.3) is 0 Å². The van der Waals surface area contributed by atoms with E-state index >= 15 is 0 Å². The molecule has 1 fully saturated rings. The molecule has 1 aliphatic heterocycles. The van der Waals surface area contributed by atoms with Gasteiger partial charge in [0.15, 0.2) is 5.76 Å². The van der Waals surface area contributed by atoms with Crippen molar-refractivity contribution in [3.05, 3.63) is 17.5 Å². The van der Waals surface area contributed by atoms with Crippen LogP contribution in [0.5, 0.6) is 0 Å². The second-order valence-corrected chi connectivity index (χ2v) is 4.28. The maximum Gasteiger partial charge on any atom is 0.308 e. The Kier molecular flexibility index (Phi) is 3.12. The molecule has 0 saturated carbocycles. The highest BCUT2D eigenvalue weighted by molar-refractivity contribution is 5.80. The lowest BCUT2D eigenvalue weighted by Gasteiger charge is -2.29. The van der Waals surface area contributed by atoms with E-state index in [4.69, 9.17) is 9.63 Å². The lowest BCUT2D eigenvalue weighted by atomic mass is 9.98. The summed E-state index contributed by atoms with van der Waals surface area (Å²) < 4.78 is 5.02. The van der Waals surface area contributed by atoms with Gasteiger partial charge in [-0.1, -0.05) is 5.16 Å². The normalized spacial score (nSPS) is 20.6. The molecule has 92 valence electrons. The maximum absolute atomic E-state index is 11.6. The Bertz CT molecular complexity index is 440. The van der Waals surface area contributed by atoms with Crippen LogP contribution in [0.15, 0.2) is 10.6 Å². The first-order chi connectivity index (χ1) is 8.06. The number of aromatic nitrogens is 1. The summed E-state index contributed by atoms with van der Waals surface area (Å²) in [5.41, 5.74) is 0.749. The van der Waals surface area contributed by atoms with Gasteiger partial charge in [-0.2, -0.15) is 0 Å². The van der Waals surface area contributed by atoms with Crippen LogP contribution in [0.3, 0.4) is 0 Å². The van der Waals surface area contributed by atoms with Gasteiger partial charge < -0.3 is 14.5 Å². The van der Waals surface area contributed by atoms with Crippen LogP contribution >= 0.6 is 0 Å². The molecule has 1 amide bonds. The third kappa shape index (κ3) is 2.64. The molecule has 17 heavy (non-hydrogen) atoms. The monoisotopic (exact) mass is 238 g/mol. The first kappa shape index (κ1) is 11.6. The zero-order valence-electron chi connectivity index (χ0n) is 9.55. The SMILES string of the molecule is Cc1cc(CN2CC(C(=O)O)CCC2=O)on1. The summed E-state index contributed by atoms with van der Waals surface area (Å²) in [6, 6.07) is 1.75. The molecule has 6 nitrogen and oxygen atoms in total. The molecule has 0 spiro atoms. The number of carbonyl (C=O) groups is 2. The van der Waals surface area contributed by atoms with E-state index in [1.54, 1.807) is 13.0 Å². The summed E-state index contributed by atoms with van der Waals surface area (Å²) in [4.78, 5) is 24.1. The van der Waals surface area contributed by atoms with Gasteiger partial charge >= 0.3 is 5.97 Å². The predicted octanol–water partition coefficient (Wildman–Crippen LogP) is 0.806. The van der Waals surface area contributed by atoms with Gasteiger partial charge in [0.05, 0.1) is 18.2 Å². The number of carboxylic acid groups (broad SMARTS) is 1. The molecular formula is C11H14N2O4. The van der Waals surface area contributed by atoms with Crippen molar-refractivity contribution in [3.63, 3.8) is 0 Å². The Balaban J connectivity index is 2.03. The summed E-state index contributed by atoms with van der Waals surface area (Å²) in [7, 11) is 0. The molecule has 1 aromatic rings. The fraction of sp³-hybridized carbons (Fsp3) is 0.545. The van der Waals surface area contributed by atoms with Crippen LogP contribution in [-0.2, 0) is 16.1 Å². The number of hydrogen-bond donors (Lipinski definition) is 1. The highest BCUT2D eigenvalue weighted by atomic mass is 16.5. The van der Waals surface area contributed by atoms with E-state index in [9.17, 15) is 9.59 Å². The van der Waals surface area contributed by atoms with Crippen LogP contribution in [0.4, 0.5) is 0 Å². The average molecular weight is 238 g/mol. The highest BCUT2D eigenvalue weighted by Gasteiger charge is 2.30. The topological polar surface area (TPSA) is 83.6 Å². The van der Waals surface area contributed by atoms with E-state index in [1.165, 1.54) is 4.90 Å². The zero-order chi connectivity index (χ0) is 12.4. The summed E-state index contributed by atoms with van der Waals surface area (Å²) >= 11 is 0. The molecule has 1 saturated heterocycles. The summed E-state index contributed by atoms with van der Waals surface area (Å²) in [5, 5.41) is 12.7. The second kappa shape index (κ2) is 4.57. The number of carboxylic acids is 1. The van der Waals surface area contributed by atoms with Crippen molar-refractivity contribution in [1.82, 2.24) is 10.1 Å². The van der Waals surface area contributed by atoms with E-state index in [-0.39, 0.29) is 18.9 Å². The third-order valence-electron chi connectivity index (χ3n) is 2.87. The Morgan fingerprint density at radius 1 is 1.71 bits per heavy atom. The predicted molar refractivity (Wildman–Crippen MR) is 57.0 cm³/mol. The minimum atomic E-state index is -0.851. The third-order valence-corrected chi connectivity index (χ3v) is 2.87. The van der Waals surface area contributed by atoms with Crippen molar-refractivity contribution < 1.29 is 19.2 Å². The zero-order valence-corrected chi connectivity index (χ0v) is 9.55. The van der Waals surface area contributed by atoms with Crippen molar-refractivity contribution in [2.24, 2.45) is 5.92 Å². The largest absolute Gasteiger partial charge is 0.481 e. The molecule has 0 aliphatic carbocycles. The van der Waals surface area contributed by atoms with E-state index in [0.717, 1.165) is 5.69 Å². The number of aryl methyl sites for hydroxylation is 1. The van der Waals surface area contributed by atoms with E-state index < -0.39 is 11.9 Å². The number of nitrogens with zero attached hydrogens (tertiary/aromatic N) is 2. The fourth-order valence-corrected chi connectivity index (χ4v) is 1.95. The Hall–Kier alpha value is -1.85. The standard InChI is InChI=1S/C11H14N2O4/c1-7-4-9(17-12-7)6-13-5-8(11(15)16)2-3-10(13)14/h4,8H,2-3,5-6H2,1H3,(H,15,16). The molecule has 6 heteroatoms. The van der Waals surface area contributed by atoms with Gasteiger partial charge in [-0.3, -0.25) is 9.59 Å². The number of piperidine rings is 1. The molecule has 0 radical (unpaired) electrons. The van der Waals surface area contributed by atoms with Crippen molar-refractivity contribution in [1.29, 1.82) is 0 Å². The van der Waals surface area contributed by atoms with Crippen LogP contribution in [0.2, 0.25) is 0 Å². The van der Waals surface area contributed by atoms with Crippen molar-refractivity contribution in [3.8, 4) is 0 Å². The summed E-state index contributed by atoms with van der Waals surface area (Å²) in [6.07, 6.45) is 0.699. The second-order valence-electron chi connectivity index (χ2n) is 4.28. The van der Waals surface area contributed by atoms with Crippen LogP contribution in [0.25, 0.3) is 0 Å². The maximum atomic E-state index is 11.6. The van der Waals surface area contributed by atoms with Gasteiger partial charge in [0.1, 0.15) is 0 Å². The lowest BCUT2D eigenvalue weighted by Crippen LogP contribution is -2.41. The van der Waals surface area contributed by atoms with Crippen molar-refractivity contribution in [2.45, 2.75) is 26.3 Å². The summed E-state index contributed by atoms with van der Waals surface area (Å²) in [6.45, 7) is 2.34. The quantitative estimate of drug-likeness (QED) is 0.842. The van der Waals surface area contributed by atoms with E-state index in [2.05, 4.69) is 5.16 Å². The Morgan fingerprint density at radius 2 is 2.47 bits per heavy atom. The summed E-state index contributed by atoms with van der Waals surface area (Å²) in [5.74, 6) is -0.772. The van der Waals surface area contributed by atoms with Gasteiger partial charge in [-0.25, -0.2) is 0 Å². The molecule has 2 rings (SSSR count). The van der Waals surface area contributed by atoms with Gasteiger partial charge in [0.2, 0.25) is 5.91 Å². The average Bonchev–Trinajstić information content (AvgIpc) is 2.67. The number of aliphatic carboxylic acids is 1. The first-order valence-corrected chi connectivity index (χ1v) is 5.49. The Labute approximate surface area is 98.2 Å². The van der Waals surface area contributed by atoms with Crippen molar-refractivity contribution >= 4 is 11.9 Å². The van der Waals surface area contributed by atoms with Crippen LogP contribution in [0, 0.1) is 12.8 Å². The number of rotatable bonds is 3. The van der Waals surface area contributed by atoms with Crippen molar-refractivity contribution in [2.75, 3.05) is 6.54 Å². The van der Waals surface area contributed by atoms with Crippen LogP contribution in [0.1, 0.15) is 24.3 Å². The van der Waals surface area contributed by atoms with E-state index in [1.807, 2.05) is 0 Å². The van der Waals surface area contributed by atoms with E-state index in [0.29, 0.717) is 18.7 Å². The lowest BCUT2D eigenvalue weighted by molar-refractivity contribution is -0.147. The smallest absolute Gasteiger partial charge is 0.308 e. The molecule has 1 atom stereocenters. The molecule has 2 heterocycles. The minimum absolute atomic E-state index is 0.0310. The minimum Gasteiger partial charge on any atom is -0.481 e. The van der Waals surface area contributed by atoms with Crippen LogP contribution in [-0.4, -0.2) is 33.6 Å². The van der Waals surface area contributed by atoms with Crippen LogP contribution < -0.4 is 0 Å². The van der Waals surface area contributed by atoms with Gasteiger partial charge in [-0.05, 0) is 13.3 Å². The highest BCUT2D eigenvalue weighted by Crippen LogP contribution is 2.20. The molecule has 1 aromatic heterocycles. The number of likely N-dealkylation sites (tertiary alicyclic amines) is 1. The van der Waals surface area contributed by atoms with Gasteiger partial charge in [-0.15, -0.1) is 0 Å². The Morgan fingerprint density at radius 3 is 3.06 bits per heavy atom. The molecule has 0 aromatic carbocycles. The molecule has 1 N–H and O–H groups in total. The molecular weight excluding hydrogens is 224 g/mol. The first-order valence-electron chi connectivity index (χ1n) is 5.49. The fourth-order valence-electron chi connectivity index (χ4n) is 1.95. The molecule has 0 bridgehead atoms. The molecule has 1 unspecified atom stereocenters.